The van der Waals surface area contributed by atoms with E-state index >= 15 is 0 Å². The summed E-state index contributed by atoms with van der Waals surface area (Å²) in [5.41, 5.74) is 0. The van der Waals surface area contributed by atoms with Crippen LogP contribution in [0.3, 0.4) is 0 Å². The fourth-order valence-electron chi connectivity index (χ4n) is 2.25. The van der Waals surface area contributed by atoms with Crippen LogP contribution < -0.4 is 0 Å². The number of hydrogen-bond donors (Lipinski definition) is 0. The molecule has 1 aliphatic heterocycles. The van der Waals surface area contributed by atoms with Crippen LogP contribution in [0.15, 0.2) is 0 Å². The van der Waals surface area contributed by atoms with Crippen molar-refractivity contribution < 1.29 is 0 Å². The van der Waals surface area contributed by atoms with Crippen LogP contribution in [0, 0.1) is 5.92 Å². The molecule has 0 amide bonds. The quantitative estimate of drug-likeness (QED) is 0.571. The van der Waals surface area contributed by atoms with E-state index in [2.05, 4.69) is 32.6 Å². The first kappa shape index (κ1) is 11.0. The van der Waals surface area contributed by atoms with Crippen LogP contribution in [0.2, 0.25) is 0 Å². The number of nitrogens with zero attached hydrogens (tertiary/aromatic N) is 1. The lowest BCUT2D eigenvalue weighted by Crippen LogP contribution is -2.03. The monoisotopic (exact) mass is 183 g/mol. The van der Waals surface area contributed by atoms with Gasteiger partial charge < -0.3 is 0 Å². The second kappa shape index (κ2) is 4.99. The first-order chi connectivity index (χ1) is 6.16. The molecule has 1 fully saturated rings. The van der Waals surface area contributed by atoms with Crippen molar-refractivity contribution in [3.05, 3.63) is 0 Å². The van der Waals surface area contributed by atoms with Gasteiger partial charge in [-0.2, -0.15) is 0 Å². The van der Waals surface area contributed by atoms with Gasteiger partial charge in [0, 0.05) is 12.1 Å². The van der Waals surface area contributed by atoms with Crippen LogP contribution in [0.4, 0.5) is 0 Å². The normalized spacial score (nSPS) is 32.5. The molecule has 1 nitrogen and oxygen atoms in total. The summed E-state index contributed by atoms with van der Waals surface area (Å²) in [5.74, 6) is 0.883. The van der Waals surface area contributed by atoms with E-state index in [0.717, 1.165) is 18.0 Å². The lowest BCUT2D eigenvalue weighted by atomic mass is 10.0. The second-order valence-electron chi connectivity index (χ2n) is 4.87. The minimum atomic E-state index is 0.882. The Morgan fingerprint density at radius 1 is 1.31 bits per heavy atom. The average molecular weight is 183 g/mol. The first-order valence-corrected chi connectivity index (χ1v) is 5.92. The van der Waals surface area contributed by atoms with Gasteiger partial charge in [-0.05, 0) is 32.2 Å². The third kappa shape index (κ3) is 3.30. The molecule has 0 N–H and O–H groups in total. The lowest BCUT2D eigenvalue weighted by molar-refractivity contribution is 0.452. The maximum absolute atomic E-state index is 2.64. The molecule has 13 heavy (non-hydrogen) atoms. The van der Waals surface area contributed by atoms with Gasteiger partial charge in [0.1, 0.15) is 0 Å². The van der Waals surface area contributed by atoms with Gasteiger partial charge in [-0.15, -0.1) is 0 Å². The van der Waals surface area contributed by atoms with Crippen molar-refractivity contribution in [1.82, 2.24) is 4.90 Å². The van der Waals surface area contributed by atoms with Crippen molar-refractivity contribution in [2.45, 2.75) is 65.5 Å². The molecular formula is C12H25N. The van der Waals surface area contributed by atoms with Gasteiger partial charge in [0.25, 0.3) is 0 Å². The van der Waals surface area contributed by atoms with Crippen molar-refractivity contribution in [3.8, 4) is 0 Å². The molecule has 1 heteroatoms. The topological polar surface area (TPSA) is 3.01 Å². The Morgan fingerprint density at radius 3 is 2.54 bits per heavy atom. The maximum Gasteiger partial charge on any atom is 0.0252 e. The molecule has 3 atom stereocenters. The zero-order valence-electron chi connectivity index (χ0n) is 9.71. The molecule has 1 heterocycles. The SMILES string of the molecule is CCCN1[C@H](C)[C@H]1CCCC(C)C. The number of rotatable bonds is 6. The summed E-state index contributed by atoms with van der Waals surface area (Å²) in [7, 11) is 0. The van der Waals surface area contributed by atoms with Gasteiger partial charge >= 0.3 is 0 Å². The molecular weight excluding hydrogens is 158 g/mol. The van der Waals surface area contributed by atoms with Crippen molar-refractivity contribution in [1.29, 1.82) is 0 Å². The van der Waals surface area contributed by atoms with Crippen LogP contribution in [0.25, 0.3) is 0 Å². The van der Waals surface area contributed by atoms with E-state index in [0.29, 0.717) is 0 Å². The molecule has 0 aromatic carbocycles. The summed E-state index contributed by atoms with van der Waals surface area (Å²) in [4.78, 5) is 2.64. The van der Waals surface area contributed by atoms with Gasteiger partial charge in [0.2, 0.25) is 0 Å². The summed E-state index contributed by atoms with van der Waals surface area (Å²) < 4.78 is 0. The molecule has 0 spiro atoms. The highest BCUT2D eigenvalue weighted by atomic mass is 15.3. The predicted molar refractivity (Wildman–Crippen MR) is 58.9 cm³/mol. The Balaban J connectivity index is 2.04. The Labute approximate surface area is 83.5 Å². The van der Waals surface area contributed by atoms with Gasteiger partial charge in [0.05, 0.1) is 0 Å². The highest BCUT2D eigenvalue weighted by Crippen LogP contribution is 2.32. The van der Waals surface area contributed by atoms with E-state index in [-0.39, 0.29) is 0 Å². The number of hydrogen-bond acceptors (Lipinski definition) is 1. The fraction of sp³-hybridized carbons (Fsp3) is 1.00. The van der Waals surface area contributed by atoms with Gasteiger partial charge in [-0.25, -0.2) is 0 Å². The van der Waals surface area contributed by atoms with E-state index in [1.807, 2.05) is 0 Å². The van der Waals surface area contributed by atoms with Gasteiger partial charge in [-0.3, -0.25) is 4.90 Å². The van der Waals surface area contributed by atoms with E-state index < -0.39 is 0 Å². The molecule has 78 valence electrons. The Kier molecular flexibility index (Phi) is 4.24. The minimum absolute atomic E-state index is 0.882. The molecule has 0 saturated carbocycles. The second-order valence-corrected chi connectivity index (χ2v) is 4.87. The summed E-state index contributed by atoms with van der Waals surface area (Å²) in [5, 5.41) is 0. The van der Waals surface area contributed by atoms with E-state index in [1.165, 1.54) is 32.2 Å². The predicted octanol–water partition coefficient (Wildman–Crippen LogP) is 3.30. The molecule has 1 saturated heterocycles. The van der Waals surface area contributed by atoms with E-state index in [1.54, 1.807) is 0 Å². The van der Waals surface area contributed by atoms with E-state index in [4.69, 9.17) is 0 Å². The zero-order valence-corrected chi connectivity index (χ0v) is 9.71. The Bertz CT molecular complexity index is 142. The van der Waals surface area contributed by atoms with Crippen molar-refractivity contribution in [2.24, 2.45) is 5.92 Å². The average Bonchev–Trinajstić information content (AvgIpc) is 2.63. The zero-order chi connectivity index (χ0) is 9.84. The summed E-state index contributed by atoms with van der Waals surface area (Å²) >= 11 is 0. The largest absolute Gasteiger partial charge is 0.295 e. The maximum atomic E-state index is 2.64. The van der Waals surface area contributed by atoms with Crippen LogP contribution in [-0.4, -0.2) is 23.5 Å². The Hall–Kier alpha value is -0.0400. The van der Waals surface area contributed by atoms with Gasteiger partial charge in [0.15, 0.2) is 0 Å². The fourth-order valence-corrected chi connectivity index (χ4v) is 2.25. The minimum Gasteiger partial charge on any atom is -0.295 e. The molecule has 1 rings (SSSR count). The van der Waals surface area contributed by atoms with Crippen LogP contribution in [-0.2, 0) is 0 Å². The highest BCUT2D eigenvalue weighted by Gasteiger charge is 2.41. The third-order valence-corrected chi connectivity index (χ3v) is 3.18. The van der Waals surface area contributed by atoms with Crippen molar-refractivity contribution >= 4 is 0 Å². The molecule has 0 aromatic rings. The van der Waals surface area contributed by atoms with Crippen molar-refractivity contribution in [3.63, 3.8) is 0 Å². The molecule has 1 unspecified atom stereocenters. The third-order valence-electron chi connectivity index (χ3n) is 3.18. The highest BCUT2D eigenvalue weighted by molar-refractivity contribution is 4.98. The molecule has 0 aromatic heterocycles. The lowest BCUT2D eigenvalue weighted by Gasteiger charge is -2.03. The first-order valence-electron chi connectivity index (χ1n) is 5.92. The summed E-state index contributed by atoms with van der Waals surface area (Å²) in [6.45, 7) is 10.6. The standard InChI is InChI=1S/C12H25N/c1-5-9-13-11(4)12(13)8-6-7-10(2)3/h10-12H,5-9H2,1-4H3/t11-,12-,13?/m1/s1. The van der Waals surface area contributed by atoms with Crippen LogP contribution >= 0.6 is 0 Å². The molecule has 0 radical (unpaired) electrons. The smallest absolute Gasteiger partial charge is 0.0252 e. The summed E-state index contributed by atoms with van der Waals surface area (Å²) in [6, 6.07) is 1.81. The van der Waals surface area contributed by atoms with Crippen molar-refractivity contribution in [2.75, 3.05) is 6.54 Å². The van der Waals surface area contributed by atoms with Crippen LogP contribution in [0.5, 0.6) is 0 Å². The molecule has 1 aliphatic rings. The van der Waals surface area contributed by atoms with Crippen LogP contribution in [0.1, 0.15) is 53.4 Å². The van der Waals surface area contributed by atoms with E-state index in [9.17, 15) is 0 Å². The van der Waals surface area contributed by atoms with Gasteiger partial charge in [-0.1, -0.05) is 33.6 Å². The Morgan fingerprint density at radius 2 is 2.00 bits per heavy atom. The summed E-state index contributed by atoms with van der Waals surface area (Å²) in [6.07, 6.45) is 5.57. The molecule has 0 bridgehead atoms. The molecule has 0 aliphatic carbocycles.